The van der Waals surface area contributed by atoms with Crippen LogP contribution in [0.25, 0.3) is 11.3 Å². The van der Waals surface area contributed by atoms with Gasteiger partial charge in [0.05, 0.1) is 5.69 Å². The molecule has 0 bridgehead atoms. The van der Waals surface area contributed by atoms with Crippen LogP contribution in [-0.2, 0) is 4.79 Å². The molecule has 3 aromatic rings. The summed E-state index contributed by atoms with van der Waals surface area (Å²) in [6.45, 7) is 3.15. The number of ketones is 1. The predicted octanol–water partition coefficient (Wildman–Crippen LogP) is 4.48. The minimum Gasteiger partial charge on any atom is -0.484 e. The lowest BCUT2D eigenvalue weighted by Crippen LogP contribution is -2.20. The summed E-state index contributed by atoms with van der Waals surface area (Å²) in [5.41, 5.74) is 2.00. The molecule has 5 nitrogen and oxygen atoms in total. The highest BCUT2D eigenvalue weighted by molar-refractivity contribution is 7.16. The first-order chi connectivity index (χ1) is 12.9. The van der Waals surface area contributed by atoms with E-state index in [0.717, 1.165) is 10.4 Å². The Morgan fingerprint density at radius 2 is 1.93 bits per heavy atom. The topological polar surface area (TPSA) is 68.3 Å². The molecule has 0 saturated carbocycles. The standard InChI is InChI=1S/C20H17FN2O3S/c1-12(24)15-4-3-5-17(10-15)26-11-18(25)22-20-23-19(13(2)27-20)14-6-8-16(21)9-7-14/h3-10H,11H2,1-2H3,(H,22,23,25). The van der Waals surface area contributed by atoms with Gasteiger partial charge in [0.25, 0.3) is 5.91 Å². The first-order valence-electron chi connectivity index (χ1n) is 8.19. The fraction of sp³-hybridized carbons (Fsp3) is 0.150. The highest BCUT2D eigenvalue weighted by Crippen LogP contribution is 2.30. The van der Waals surface area contributed by atoms with Crippen LogP contribution in [0.1, 0.15) is 22.2 Å². The van der Waals surface area contributed by atoms with Gasteiger partial charge in [-0.05, 0) is 50.2 Å². The maximum atomic E-state index is 13.1. The molecule has 2 aromatic carbocycles. The Bertz CT molecular complexity index is 983. The van der Waals surface area contributed by atoms with Gasteiger partial charge in [0.1, 0.15) is 11.6 Å². The first-order valence-corrected chi connectivity index (χ1v) is 9.01. The zero-order chi connectivity index (χ0) is 19.4. The largest absolute Gasteiger partial charge is 0.484 e. The molecule has 0 unspecified atom stereocenters. The fourth-order valence-corrected chi connectivity index (χ4v) is 3.29. The summed E-state index contributed by atoms with van der Waals surface area (Å²) in [5, 5.41) is 3.14. The maximum Gasteiger partial charge on any atom is 0.264 e. The molecule has 1 heterocycles. The molecule has 0 spiro atoms. The van der Waals surface area contributed by atoms with Crippen LogP contribution in [0.15, 0.2) is 48.5 Å². The second-order valence-corrected chi connectivity index (χ2v) is 7.05. The van der Waals surface area contributed by atoms with Gasteiger partial charge in [-0.25, -0.2) is 9.37 Å². The molecule has 27 heavy (non-hydrogen) atoms. The lowest BCUT2D eigenvalue weighted by Gasteiger charge is -2.06. The Hall–Kier alpha value is -3.06. The smallest absolute Gasteiger partial charge is 0.264 e. The molecule has 1 N–H and O–H groups in total. The third-order valence-corrected chi connectivity index (χ3v) is 4.66. The molecule has 0 aliphatic rings. The van der Waals surface area contributed by atoms with Gasteiger partial charge in [-0.15, -0.1) is 11.3 Å². The van der Waals surface area contributed by atoms with Crippen molar-refractivity contribution in [2.24, 2.45) is 0 Å². The summed E-state index contributed by atoms with van der Waals surface area (Å²) in [6.07, 6.45) is 0. The van der Waals surface area contributed by atoms with E-state index in [1.54, 1.807) is 36.4 Å². The van der Waals surface area contributed by atoms with E-state index in [4.69, 9.17) is 4.74 Å². The Kier molecular flexibility index (Phi) is 5.61. The minimum atomic E-state index is -0.359. The number of amides is 1. The van der Waals surface area contributed by atoms with Crippen molar-refractivity contribution in [3.8, 4) is 17.0 Å². The highest BCUT2D eigenvalue weighted by atomic mass is 32.1. The first kappa shape index (κ1) is 18.7. The number of anilines is 1. The average molecular weight is 384 g/mol. The number of rotatable bonds is 6. The van der Waals surface area contributed by atoms with Crippen LogP contribution in [-0.4, -0.2) is 23.3 Å². The number of ether oxygens (including phenoxy) is 1. The van der Waals surface area contributed by atoms with Gasteiger partial charge in [-0.1, -0.05) is 12.1 Å². The number of aromatic nitrogens is 1. The van der Waals surface area contributed by atoms with Gasteiger partial charge in [-0.3, -0.25) is 14.9 Å². The lowest BCUT2D eigenvalue weighted by atomic mass is 10.1. The van der Waals surface area contributed by atoms with Crippen molar-refractivity contribution < 1.29 is 18.7 Å². The minimum absolute atomic E-state index is 0.0727. The van der Waals surface area contributed by atoms with E-state index in [1.165, 1.54) is 30.4 Å². The van der Waals surface area contributed by atoms with Crippen molar-refractivity contribution >= 4 is 28.2 Å². The number of carbonyl (C=O) groups excluding carboxylic acids is 2. The monoisotopic (exact) mass is 384 g/mol. The van der Waals surface area contributed by atoms with Crippen LogP contribution in [0, 0.1) is 12.7 Å². The van der Waals surface area contributed by atoms with Crippen molar-refractivity contribution in [3.63, 3.8) is 0 Å². The number of benzene rings is 2. The Labute approximate surface area is 159 Å². The second-order valence-electron chi connectivity index (χ2n) is 5.85. The van der Waals surface area contributed by atoms with E-state index in [0.29, 0.717) is 22.1 Å². The van der Waals surface area contributed by atoms with Crippen molar-refractivity contribution in [1.29, 1.82) is 0 Å². The molecule has 0 fully saturated rings. The zero-order valence-electron chi connectivity index (χ0n) is 14.8. The molecule has 1 amide bonds. The Balaban J connectivity index is 1.63. The quantitative estimate of drug-likeness (QED) is 0.637. The van der Waals surface area contributed by atoms with E-state index < -0.39 is 0 Å². The van der Waals surface area contributed by atoms with Crippen molar-refractivity contribution in [1.82, 2.24) is 4.98 Å². The Morgan fingerprint density at radius 3 is 2.63 bits per heavy atom. The normalized spacial score (nSPS) is 10.5. The van der Waals surface area contributed by atoms with Crippen LogP contribution < -0.4 is 10.1 Å². The van der Waals surface area contributed by atoms with Crippen LogP contribution in [0.4, 0.5) is 9.52 Å². The molecule has 1 aromatic heterocycles. The third kappa shape index (κ3) is 4.77. The number of carbonyl (C=O) groups is 2. The number of halogens is 1. The predicted molar refractivity (Wildman–Crippen MR) is 103 cm³/mol. The van der Waals surface area contributed by atoms with E-state index in [2.05, 4.69) is 10.3 Å². The van der Waals surface area contributed by atoms with Crippen molar-refractivity contribution in [2.75, 3.05) is 11.9 Å². The van der Waals surface area contributed by atoms with Crippen LogP contribution >= 0.6 is 11.3 Å². The van der Waals surface area contributed by atoms with Gasteiger partial charge in [-0.2, -0.15) is 0 Å². The van der Waals surface area contributed by atoms with Gasteiger partial charge >= 0.3 is 0 Å². The van der Waals surface area contributed by atoms with Crippen molar-refractivity contribution in [3.05, 3.63) is 64.8 Å². The lowest BCUT2D eigenvalue weighted by molar-refractivity contribution is -0.118. The number of nitrogens with one attached hydrogen (secondary N) is 1. The molecule has 138 valence electrons. The van der Waals surface area contributed by atoms with E-state index >= 15 is 0 Å². The van der Waals surface area contributed by atoms with Gasteiger partial charge in [0.2, 0.25) is 0 Å². The number of nitrogens with zero attached hydrogens (tertiary/aromatic N) is 1. The fourth-order valence-electron chi connectivity index (χ4n) is 2.43. The third-order valence-electron chi connectivity index (χ3n) is 3.77. The van der Waals surface area contributed by atoms with Crippen LogP contribution in [0.2, 0.25) is 0 Å². The molecular formula is C20H17FN2O3S. The molecule has 0 radical (unpaired) electrons. The van der Waals surface area contributed by atoms with Crippen LogP contribution in [0.3, 0.4) is 0 Å². The second kappa shape index (κ2) is 8.09. The van der Waals surface area contributed by atoms with Gasteiger partial charge < -0.3 is 4.74 Å². The summed E-state index contributed by atoms with van der Waals surface area (Å²) in [7, 11) is 0. The summed E-state index contributed by atoms with van der Waals surface area (Å²) in [5.74, 6) is -0.301. The number of aryl methyl sites for hydroxylation is 1. The molecule has 3 rings (SSSR count). The molecule has 0 aliphatic heterocycles. The SMILES string of the molecule is CC(=O)c1cccc(OCC(=O)Nc2nc(-c3ccc(F)cc3)c(C)s2)c1. The number of thiazole rings is 1. The number of Topliss-reactive ketones (excluding diaryl/α,β-unsaturated/α-hetero) is 1. The summed E-state index contributed by atoms with van der Waals surface area (Å²) in [6, 6.07) is 12.7. The molecule has 0 atom stereocenters. The highest BCUT2D eigenvalue weighted by Gasteiger charge is 2.13. The number of hydrogen-bond acceptors (Lipinski definition) is 5. The summed E-state index contributed by atoms with van der Waals surface area (Å²) < 4.78 is 18.5. The van der Waals surface area contributed by atoms with E-state index in [1.807, 2.05) is 6.92 Å². The number of hydrogen-bond donors (Lipinski definition) is 1. The van der Waals surface area contributed by atoms with Crippen LogP contribution in [0.5, 0.6) is 5.75 Å². The Morgan fingerprint density at radius 1 is 1.19 bits per heavy atom. The van der Waals surface area contributed by atoms with Crippen molar-refractivity contribution in [2.45, 2.75) is 13.8 Å². The molecular weight excluding hydrogens is 367 g/mol. The average Bonchev–Trinajstić information content (AvgIpc) is 3.01. The molecule has 0 saturated heterocycles. The van der Waals surface area contributed by atoms with Gasteiger partial charge in [0, 0.05) is 16.0 Å². The summed E-state index contributed by atoms with van der Waals surface area (Å²) >= 11 is 1.33. The summed E-state index contributed by atoms with van der Waals surface area (Å²) in [4.78, 5) is 28.8. The zero-order valence-corrected chi connectivity index (χ0v) is 15.6. The van der Waals surface area contributed by atoms with E-state index in [9.17, 15) is 14.0 Å². The maximum absolute atomic E-state index is 13.1. The van der Waals surface area contributed by atoms with Gasteiger partial charge in [0.15, 0.2) is 17.5 Å². The van der Waals surface area contributed by atoms with E-state index in [-0.39, 0.29) is 24.1 Å². The molecule has 7 heteroatoms. The molecule has 0 aliphatic carbocycles.